The quantitative estimate of drug-likeness (QED) is 0.839. The minimum atomic E-state index is -0.578. The Morgan fingerprint density at radius 1 is 1.42 bits per heavy atom. The zero-order valence-electron chi connectivity index (χ0n) is 11.5. The number of anilines is 1. The topological polar surface area (TPSA) is 55.6 Å². The lowest BCUT2D eigenvalue weighted by atomic mass is 10.1. The summed E-state index contributed by atoms with van der Waals surface area (Å²) in [5.74, 6) is -0.316. The molecule has 0 radical (unpaired) electrons. The summed E-state index contributed by atoms with van der Waals surface area (Å²) in [6, 6.07) is 7.79. The molecule has 1 aromatic rings. The van der Waals surface area contributed by atoms with Crippen molar-refractivity contribution in [2.45, 2.75) is 32.2 Å². The first-order valence-electron chi connectivity index (χ1n) is 6.97. The molecule has 0 fully saturated rings. The van der Waals surface area contributed by atoms with Gasteiger partial charge in [-0.05, 0) is 37.8 Å². The average Bonchev–Trinajstić information content (AvgIpc) is 2.62. The molecule has 1 unspecified atom stereocenters. The van der Waals surface area contributed by atoms with E-state index in [2.05, 4.69) is 23.1 Å². The molecule has 4 heteroatoms. The minimum absolute atomic E-state index is 0.316. The van der Waals surface area contributed by atoms with Gasteiger partial charge in [0, 0.05) is 18.8 Å². The monoisotopic (exact) mass is 262 g/mol. The molecule has 1 atom stereocenters. The van der Waals surface area contributed by atoms with Crippen LogP contribution >= 0.6 is 0 Å². The third-order valence-corrected chi connectivity index (χ3v) is 3.46. The molecule has 2 N–H and O–H groups in total. The number of carbonyl (C=O) groups excluding carboxylic acids is 1. The molecular weight excluding hydrogens is 240 g/mol. The Balaban J connectivity index is 2.09. The molecule has 0 amide bonds. The van der Waals surface area contributed by atoms with E-state index in [1.165, 1.54) is 17.7 Å². The summed E-state index contributed by atoms with van der Waals surface area (Å²) in [6.45, 7) is 3.65. The Labute approximate surface area is 114 Å². The van der Waals surface area contributed by atoms with E-state index in [0.717, 1.165) is 19.4 Å². The molecule has 1 aromatic carbocycles. The first kappa shape index (κ1) is 13.9. The van der Waals surface area contributed by atoms with Crippen molar-refractivity contribution in [3.8, 4) is 0 Å². The van der Waals surface area contributed by atoms with Crippen LogP contribution in [0.3, 0.4) is 0 Å². The SMILES string of the molecule is CCOC(=O)C(N)CN1CCCCc2ccccc21. The van der Waals surface area contributed by atoms with Crippen LogP contribution in [0.2, 0.25) is 0 Å². The fourth-order valence-electron chi connectivity index (χ4n) is 2.52. The van der Waals surface area contributed by atoms with E-state index in [4.69, 9.17) is 10.5 Å². The third kappa shape index (κ3) is 3.47. The van der Waals surface area contributed by atoms with E-state index < -0.39 is 6.04 Å². The van der Waals surface area contributed by atoms with Crippen LogP contribution in [0.25, 0.3) is 0 Å². The van der Waals surface area contributed by atoms with Gasteiger partial charge < -0.3 is 15.4 Å². The van der Waals surface area contributed by atoms with Crippen LogP contribution in [0.1, 0.15) is 25.3 Å². The van der Waals surface area contributed by atoms with Crippen molar-refractivity contribution in [3.05, 3.63) is 29.8 Å². The molecule has 4 nitrogen and oxygen atoms in total. The van der Waals surface area contributed by atoms with Crippen LogP contribution in [0, 0.1) is 0 Å². The van der Waals surface area contributed by atoms with E-state index >= 15 is 0 Å². The number of ether oxygens (including phenoxy) is 1. The summed E-state index contributed by atoms with van der Waals surface area (Å²) in [4.78, 5) is 13.9. The number of hydrogen-bond donors (Lipinski definition) is 1. The van der Waals surface area contributed by atoms with Crippen molar-refractivity contribution in [3.63, 3.8) is 0 Å². The van der Waals surface area contributed by atoms with E-state index in [-0.39, 0.29) is 5.97 Å². The predicted molar refractivity (Wildman–Crippen MR) is 76.2 cm³/mol. The maximum Gasteiger partial charge on any atom is 0.324 e. The number of fused-ring (bicyclic) bond motifs is 1. The first-order valence-corrected chi connectivity index (χ1v) is 6.97. The number of para-hydroxylation sites is 1. The molecule has 0 spiro atoms. The van der Waals surface area contributed by atoms with Gasteiger partial charge in [0.25, 0.3) is 0 Å². The number of nitrogens with zero attached hydrogens (tertiary/aromatic N) is 1. The molecular formula is C15H22N2O2. The average molecular weight is 262 g/mol. The van der Waals surface area contributed by atoms with Crippen molar-refractivity contribution in [1.29, 1.82) is 0 Å². The Morgan fingerprint density at radius 3 is 3.00 bits per heavy atom. The number of aryl methyl sites for hydroxylation is 1. The van der Waals surface area contributed by atoms with Gasteiger partial charge in [-0.15, -0.1) is 0 Å². The van der Waals surface area contributed by atoms with Crippen LogP contribution < -0.4 is 10.6 Å². The Hall–Kier alpha value is -1.55. The van der Waals surface area contributed by atoms with Gasteiger partial charge in [0.1, 0.15) is 6.04 Å². The van der Waals surface area contributed by atoms with Gasteiger partial charge in [-0.25, -0.2) is 0 Å². The highest BCUT2D eigenvalue weighted by Crippen LogP contribution is 2.25. The van der Waals surface area contributed by atoms with Gasteiger partial charge >= 0.3 is 5.97 Å². The van der Waals surface area contributed by atoms with Crippen molar-refractivity contribution < 1.29 is 9.53 Å². The van der Waals surface area contributed by atoms with Crippen molar-refractivity contribution in [2.24, 2.45) is 5.73 Å². The summed E-state index contributed by atoms with van der Waals surface area (Å²) in [7, 11) is 0. The fourth-order valence-corrected chi connectivity index (χ4v) is 2.52. The summed E-state index contributed by atoms with van der Waals surface area (Å²) in [5.41, 5.74) is 8.48. The maximum absolute atomic E-state index is 11.6. The summed E-state index contributed by atoms with van der Waals surface area (Å²) in [6.07, 6.45) is 3.41. The first-order chi connectivity index (χ1) is 9.22. The molecule has 0 aromatic heterocycles. The Bertz CT molecular complexity index is 434. The van der Waals surface area contributed by atoms with E-state index in [9.17, 15) is 4.79 Å². The molecule has 2 rings (SSSR count). The van der Waals surface area contributed by atoms with Crippen molar-refractivity contribution >= 4 is 11.7 Å². The lowest BCUT2D eigenvalue weighted by Gasteiger charge is -2.27. The van der Waals surface area contributed by atoms with Gasteiger partial charge in [0.05, 0.1) is 6.61 Å². The summed E-state index contributed by atoms with van der Waals surface area (Å²) < 4.78 is 4.97. The molecule has 0 saturated carbocycles. The minimum Gasteiger partial charge on any atom is -0.465 e. The zero-order valence-corrected chi connectivity index (χ0v) is 11.5. The zero-order chi connectivity index (χ0) is 13.7. The second-order valence-corrected chi connectivity index (χ2v) is 4.89. The smallest absolute Gasteiger partial charge is 0.324 e. The van der Waals surface area contributed by atoms with E-state index in [1.54, 1.807) is 6.92 Å². The summed E-state index contributed by atoms with van der Waals surface area (Å²) in [5, 5.41) is 0. The van der Waals surface area contributed by atoms with Gasteiger partial charge in [0.2, 0.25) is 0 Å². The van der Waals surface area contributed by atoms with Crippen LogP contribution in [-0.4, -0.2) is 31.7 Å². The summed E-state index contributed by atoms with van der Waals surface area (Å²) >= 11 is 0. The molecule has 1 aliphatic heterocycles. The van der Waals surface area contributed by atoms with Gasteiger partial charge in [-0.3, -0.25) is 4.79 Å². The third-order valence-electron chi connectivity index (χ3n) is 3.46. The molecule has 19 heavy (non-hydrogen) atoms. The van der Waals surface area contributed by atoms with Gasteiger partial charge in [-0.2, -0.15) is 0 Å². The fraction of sp³-hybridized carbons (Fsp3) is 0.533. The number of benzene rings is 1. The van der Waals surface area contributed by atoms with Gasteiger partial charge in [-0.1, -0.05) is 18.2 Å². The van der Waals surface area contributed by atoms with Crippen LogP contribution in [0.15, 0.2) is 24.3 Å². The second kappa shape index (κ2) is 6.57. The second-order valence-electron chi connectivity index (χ2n) is 4.89. The highest BCUT2D eigenvalue weighted by Gasteiger charge is 2.21. The van der Waals surface area contributed by atoms with Crippen LogP contribution in [0.4, 0.5) is 5.69 Å². The molecule has 1 heterocycles. The highest BCUT2D eigenvalue weighted by molar-refractivity contribution is 5.76. The number of hydrogen-bond acceptors (Lipinski definition) is 4. The molecule has 0 aliphatic carbocycles. The van der Waals surface area contributed by atoms with Crippen molar-refractivity contribution in [2.75, 3.05) is 24.6 Å². The molecule has 0 saturated heterocycles. The normalized spacial score (nSPS) is 16.4. The van der Waals surface area contributed by atoms with E-state index in [1.807, 2.05) is 6.07 Å². The largest absolute Gasteiger partial charge is 0.465 e. The van der Waals surface area contributed by atoms with Gasteiger partial charge in [0.15, 0.2) is 0 Å². The number of nitrogens with two attached hydrogens (primary N) is 1. The highest BCUT2D eigenvalue weighted by atomic mass is 16.5. The Kier molecular flexibility index (Phi) is 4.80. The predicted octanol–water partition coefficient (Wildman–Crippen LogP) is 1.72. The number of esters is 1. The van der Waals surface area contributed by atoms with Crippen LogP contribution in [0.5, 0.6) is 0 Å². The molecule has 0 bridgehead atoms. The standard InChI is InChI=1S/C15H22N2O2/c1-2-19-15(18)13(16)11-17-10-6-5-8-12-7-3-4-9-14(12)17/h3-4,7,9,13H,2,5-6,8,10-11,16H2,1H3. The molecule has 1 aliphatic rings. The number of carbonyl (C=O) groups is 1. The lowest BCUT2D eigenvalue weighted by molar-refractivity contribution is -0.144. The van der Waals surface area contributed by atoms with Crippen molar-refractivity contribution in [1.82, 2.24) is 0 Å². The molecule has 104 valence electrons. The number of rotatable bonds is 4. The van der Waals surface area contributed by atoms with Crippen LogP contribution in [-0.2, 0) is 16.0 Å². The maximum atomic E-state index is 11.6. The van der Waals surface area contributed by atoms with E-state index in [0.29, 0.717) is 13.2 Å². The lowest BCUT2D eigenvalue weighted by Crippen LogP contribution is -2.44. The Morgan fingerprint density at radius 2 is 2.21 bits per heavy atom.